The molecule has 0 fully saturated rings. The SMILES string of the molecule is CC(C)(C)OC(=O)NCCC(Oc1ccc(CCO)cc1)c1ccccc1. The summed E-state index contributed by atoms with van der Waals surface area (Å²) in [6, 6.07) is 17.6. The zero-order chi connectivity index (χ0) is 19.7. The van der Waals surface area contributed by atoms with Crippen LogP contribution in [0.5, 0.6) is 5.75 Å². The molecule has 0 radical (unpaired) electrons. The maximum atomic E-state index is 11.8. The Kier molecular flexibility index (Phi) is 7.67. The first-order valence-electron chi connectivity index (χ1n) is 9.25. The minimum Gasteiger partial charge on any atom is -0.486 e. The normalized spacial score (nSPS) is 12.3. The fraction of sp³-hybridized carbons (Fsp3) is 0.409. The first kappa shape index (κ1) is 20.8. The average molecular weight is 371 g/mol. The van der Waals surface area contributed by atoms with Gasteiger partial charge in [-0.1, -0.05) is 42.5 Å². The van der Waals surface area contributed by atoms with E-state index in [9.17, 15) is 4.79 Å². The Morgan fingerprint density at radius 2 is 1.74 bits per heavy atom. The fourth-order valence-corrected chi connectivity index (χ4v) is 2.61. The van der Waals surface area contributed by atoms with Gasteiger partial charge in [-0.2, -0.15) is 0 Å². The molecular weight excluding hydrogens is 342 g/mol. The molecule has 2 rings (SSSR count). The van der Waals surface area contributed by atoms with E-state index in [0.29, 0.717) is 19.4 Å². The number of aliphatic hydroxyl groups excluding tert-OH is 1. The van der Waals surface area contributed by atoms with Crippen LogP contribution in [0.4, 0.5) is 4.79 Å². The van der Waals surface area contributed by atoms with Crippen LogP contribution in [-0.4, -0.2) is 30.0 Å². The van der Waals surface area contributed by atoms with Crippen molar-refractivity contribution >= 4 is 6.09 Å². The summed E-state index contributed by atoms with van der Waals surface area (Å²) >= 11 is 0. The summed E-state index contributed by atoms with van der Waals surface area (Å²) in [5, 5.41) is 11.8. The van der Waals surface area contributed by atoms with Crippen LogP contribution in [0.2, 0.25) is 0 Å². The van der Waals surface area contributed by atoms with Gasteiger partial charge in [0.25, 0.3) is 0 Å². The molecule has 0 spiro atoms. The Balaban J connectivity index is 1.98. The van der Waals surface area contributed by atoms with Gasteiger partial charge >= 0.3 is 6.09 Å². The summed E-state index contributed by atoms with van der Waals surface area (Å²) in [7, 11) is 0. The lowest BCUT2D eigenvalue weighted by Crippen LogP contribution is -2.33. The molecule has 2 aromatic rings. The number of carbonyl (C=O) groups excluding carboxylic acids is 1. The van der Waals surface area contributed by atoms with Gasteiger partial charge in [-0.25, -0.2) is 4.79 Å². The van der Waals surface area contributed by atoms with E-state index < -0.39 is 11.7 Å². The Bertz CT molecular complexity index is 693. The Morgan fingerprint density at radius 3 is 2.33 bits per heavy atom. The molecule has 5 nitrogen and oxygen atoms in total. The van der Waals surface area contributed by atoms with Crippen LogP contribution >= 0.6 is 0 Å². The average Bonchev–Trinajstić information content (AvgIpc) is 2.62. The molecule has 1 amide bonds. The van der Waals surface area contributed by atoms with Gasteiger partial charge in [-0.3, -0.25) is 0 Å². The molecule has 0 aromatic heterocycles. The number of hydrogen-bond acceptors (Lipinski definition) is 4. The van der Waals surface area contributed by atoms with Crippen molar-refractivity contribution in [3.8, 4) is 5.75 Å². The summed E-state index contributed by atoms with van der Waals surface area (Å²) in [5.41, 5.74) is 1.59. The third-order valence-corrected chi connectivity index (χ3v) is 3.85. The number of alkyl carbamates (subject to hydrolysis) is 1. The summed E-state index contributed by atoms with van der Waals surface area (Å²) < 4.78 is 11.4. The number of benzene rings is 2. The van der Waals surface area contributed by atoms with E-state index in [-0.39, 0.29) is 12.7 Å². The third-order valence-electron chi connectivity index (χ3n) is 3.85. The molecule has 0 saturated carbocycles. The Morgan fingerprint density at radius 1 is 1.07 bits per heavy atom. The minimum absolute atomic E-state index is 0.128. The minimum atomic E-state index is -0.518. The first-order chi connectivity index (χ1) is 12.9. The van der Waals surface area contributed by atoms with Gasteiger partial charge in [0.05, 0.1) is 0 Å². The lowest BCUT2D eigenvalue weighted by Gasteiger charge is -2.22. The van der Waals surface area contributed by atoms with Gasteiger partial charge in [0.1, 0.15) is 17.5 Å². The van der Waals surface area contributed by atoms with E-state index in [1.165, 1.54) is 0 Å². The summed E-state index contributed by atoms with van der Waals surface area (Å²) in [6.45, 7) is 6.08. The Labute approximate surface area is 161 Å². The maximum Gasteiger partial charge on any atom is 0.407 e. The third kappa shape index (κ3) is 7.71. The lowest BCUT2D eigenvalue weighted by molar-refractivity contribution is 0.0520. The smallest absolute Gasteiger partial charge is 0.407 e. The number of carbonyl (C=O) groups is 1. The van der Waals surface area contributed by atoms with Crippen molar-refractivity contribution in [3.63, 3.8) is 0 Å². The van der Waals surface area contributed by atoms with E-state index in [2.05, 4.69) is 5.32 Å². The molecule has 0 heterocycles. The molecule has 146 valence electrons. The second-order valence-electron chi connectivity index (χ2n) is 7.35. The van der Waals surface area contributed by atoms with Crippen LogP contribution in [0, 0.1) is 0 Å². The van der Waals surface area contributed by atoms with E-state index in [0.717, 1.165) is 16.9 Å². The second kappa shape index (κ2) is 9.97. The molecule has 5 heteroatoms. The van der Waals surface area contributed by atoms with Crippen LogP contribution in [-0.2, 0) is 11.2 Å². The largest absolute Gasteiger partial charge is 0.486 e. The summed E-state index contributed by atoms with van der Waals surface area (Å²) in [5.74, 6) is 0.753. The van der Waals surface area contributed by atoms with Crippen molar-refractivity contribution in [1.29, 1.82) is 0 Å². The molecule has 0 aliphatic rings. The van der Waals surface area contributed by atoms with Gasteiger partial charge in [0.15, 0.2) is 0 Å². The highest BCUT2D eigenvalue weighted by atomic mass is 16.6. The van der Waals surface area contributed by atoms with Crippen LogP contribution < -0.4 is 10.1 Å². The van der Waals surface area contributed by atoms with Crippen LogP contribution in [0.15, 0.2) is 54.6 Å². The molecule has 2 aromatic carbocycles. The van der Waals surface area contributed by atoms with Gasteiger partial charge in [-0.15, -0.1) is 0 Å². The van der Waals surface area contributed by atoms with E-state index in [4.69, 9.17) is 14.6 Å². The maximum absolute atomic E-state index is 11.8. The predicted octanol–water partition coefficient (Wildman–Crippen LogP) is 4.26. The van der Waals surface area contributed by atoms with Gasteiger partial charge in [-0.05, 0) is 50.5 Å². The molecule has 0 aliphatic heterocycles. The molecule has 1 atom stereocenters. The van der Waals surface area contributed by atoms with Crippen molar-refractivity contribution in [3.05, 3.63) is 65.7 Å². The number of hydrogen-bond donors (Lipinski definition) is 2. The van der Waals surface area contributed by atoms with Gasteiger partial charge < -0.3 is 19.9 Å². The van der Waals surface area contributed by atoms with Crippen molar-refractivity contribution in [2.45, 2.75) is 45.3 Å². The van der Waals surface area contributed by atoms with E-state index >= 15 is 0 Å². The van der Waals surface area contributed by atoms with Gasteiger partial charge in [0, 0.05) is 19.6 Å². The standard InChI is InChI=1S/C22H29NO4/c1-22(2,3)27-21(25)23-15-13-20(18-7-5-4-6-8-18)26-19-11-9-17(10-12-19)14-16-24/h4-12,20,24H,13-16H2,1-3H3,(H,23,25). The highest BCUT2D eigenvalue weighted by Crippen LogP contribution is 2.25. The number of rotatable bonds is 8. The molecule has 1 unspecified atom stereocenters. The first-order valence-corrected chi connectivity index (χ1v) is 9.25. The molecule has 0 aliphatic carbocycles. The molecule has 27 heavy (non-hydrogen) atoms. The molecule has 0 saturated heterocycles. The summed E-state index contributed by atoms with van der Waals surface area (Å²) in [4.78, 5) is 11.8. The van der Waals surface area contributed by atoms with Crippen LogP contribution in [0.25, 0.3) is 0 Å². The van der Waals surface area contributed by atoms with Gasteiger partial charge in [0.2, 0.25) is 0 Å². The zero-order valence-electron chi connectivity index (χ0n) is 16.3. The van der Waals surface area contributed by atoms with E-state index in [1.807, 2.05) is 75.4 Å². The number of aliphatic hydroxyl groups is 1. The monoisotopic (exact) mass is 371 g/mol. The van der Waals surface area contributed by atoms with E-state index in [1.54, 1.807) is 0 Å². The summed E-state index contributed by atoms with van der Waals surface area (Å²) in [6.07, 6.45) is 0.622. The quantitative estimate of drug-likeness (QED) is 0.728. The lowest BCUT2D eigenvalue weighted by atomic mass is 10.1. The topological polar surface area (TPSA) is 67.8 Å². The van der Waals surface area contributed by atoms with Crippen LogP contribution in [0.3, 0.4) is 0 Å². The van der Waals surface area contributed by atoms with Crippen molar-refractivity contribution in [1.82, 2.24) is 5.32 Å². The Hall–Kier alpha value is -2.53. The number of ether oxygens (including phenoxy) is 2. The fourth-order valence-electron chi connectivity index (χ4n) is 2.61. The second-order valence-corrected chi connectivity index (χ2v) is 7.35. The van der Waals surface area contributed by atoms with Crippen molar-refractivity contribution in [2.24, 2.45) is 0 Å². The highest BCUT2D eigenvalue weighted by Gasteiger charge is 2.17. The van der Waals surface area contributed by atoms with Crippen LogP contribution in [0.1, 0.15) is 44.4 Å². The number of amides is 1. The molecule has 0 bridgehead atoms. The molecular formula is C22H29NO4. The zero-order valence-corrected chi connectivity index (χ0v) is 16.3. The number of nitrogens with one attached hydrogen (secondary N) is 1. The molecule has 2 N–H and O–H groups in total. The predicted molar refractivity (Wildman–Crippen MR) is 106 cm³/mol. The van der Waals surface area contributed by atoms with Crippen molar-refractivity contribution in [2.75, 3.05) is 13.2 Å². The van der Waals surface area contributed by atoms with Crippen molar-refractivity contribution < 1.29 is 19.4 Å². The highest BCUT2D eigenvalue weighted by molar-refractivity contribution is 5.67.